The number of nitrogens with zero attached hydrogens (tertiary/aromatic N) is 3. The molecule has 2 aromatic rings. The summed E-state index contributed by atoms with van der Waals surface area (Å²) in [5.41, 5.74) is 0.199. The van der Waals surface area contributed by atoms with Crippen LogP contribution < -0.4 is 24.8 Å². The number of aromatic nitrogens is 2. The van der Waals surface area contributed by atoms with Crippen LogP contribution in [0.4, 0.5) is 4.79 Å². The van der Waals surface area contributed by atoms with E-state index in [1.807, 2.05) is 12.2 Å². The van der Waals surface area contributed by atoms with Gasteiger partial charge in [0.15, 0.2) is 0 Å². The highest BCUT2D eigenvalue weighted by atomic mass is 32.2. The molecule has 0 radical (unpaired) electrons. The van der Waals surface area contributed by atoms with Crippen LogP contribution in [0.3, 0.4) is 0 Å². The summed E-state index contributed by atoms with van der Waals surface area (Å²) in [5, 5.41) is 5.05. The van der Waals surface area contributed by atoms with Gasteiger partial charge in [0.1, 0.15) is 41.3 Å². The first-order valence-electron chi connectivity index (χ1n) is 18.8. The van der Waals surface area contributed by atoms with Crippen molar-refractivity contribution in [3.05, 3.63) is 36.0 Å². The fourth-order valence-corrected chi connectivity index (χ4v) is 9.05. The van der Waals surface area contributed by atoms with E-state index in [1.54, 1.807) is 32.2 Å². The van der Waals surface area contributed by atoms with E-state index in [0.717, 1.165) is 38.5 Å². The van der Waals surface area contributed by atoms with E-state index in [-0.39, 0.29) is 31.4 Å². The molecule has 3 N–H and O–H groups in total. The number of methoxy groups -OCH3 is 1. The minimum atomic E-state index is -3.88. The van der Waals surface area contributed by atoms with Crippen LogP contribution in [0.1, 0.15) is 89.2 Å². The van der Waals surface area contributed by atoms with Crippen LogP contribution in [0.15, 0.2) is 30.4 Å². The quantitative estimate of drug-likeness (QED) is 0.335. The highest BCUT2D eigenvalue weighted by molar-refractivity contribution is 7.91. The Kier molecular flexibility index (Phi) is 10.5. The smallest absolute Gasteiger partial charge is 0.408 e. The zero-order valence-electron chi connectivity index (χ0n) is 30.2. The Labute approximate surface area is 309 Å². The molecule has 0 bridgehead atoms. The topological polar surface area (TPSA) is 195 Å². The van der Waals surface area contributed by atoms with Gasteiger partial charge in [-0.25, -0.2) is 23.2 Å². The summed E-state index contributed by atoms with van der Waals surface area (Å²) in [7, 11) is -2.33. The third-order valence-electron chi connectivity index (χ3n) is 11.0. The molecule has 1 aromatic heterocycles. The number of fused-ring (bicyclic) bond motifs is 3. The highest BCUT2D eigenvalue weighted by Gasteiger charge is 2.62. The molecule has 16 heteroatoms. The van der Waals surface area contributed by atoms with E-state index in [0.29, 0.717) is 54.6 Å². The molecule has 3 heterocycles. The number of aryl methyl sites for hydroxylation is 1. The lowest BCUT2D eigenvalue weighted by Crippen LogP contribution is -2.58. The van der Waals surface area contributed by atoms with E-state index >= 15 is 0 Å². The van der Waals surface area contributed by atoms with Crippen LogP contribution in [0.5, 0.6) is 11.6 Å². The molecule has 3 saturated carbocycles. The molecule has 0 spiro atoms. The predicted molar refractivity (Wildman–Crippen MR) is 192 cm³/mol. The van der Waals surface area contributed by atoms with E-state index in [2.05, 4.69) is 25.3 Å². The summed E-state index contributed by atoms with van der Waals surface area (Å²) in [6, 6.07) is 3.24. The van der Waals surface area contributed by atoms with Crippen molar-refractivity contribution < 1.29 is 41.8 Å². The van der Waals surface area contributed by atoms with Crippen LogP contribution >= 0.6 is 0 Å². The van der Waals surface area contributed by atoms with Crippen LogP contribution in [0, 0.1) is 12.8 Å². The maximum absolute atomic E-state index is 14.5. The Bertz CT molecular complexity index is 1900. The second-order valence-corrected chi connectivity index (χ2v) is 16.9. The van der Waals surface area contributed by atoms with Gasteiger partial charge in [0.2, 0.25) is 27.7 Å². The van der Waals surface area contributed by atoms with Crippen molar-refractivity contribution in [3.8, 4) is 11.6 Å². The van der Waals surface area contributed by atoms with Gasteiger partial charge in [-0.05, 0) is 83.3 Å². The number of ether oxygens (including phenoxy) is 3. The normalized spacial score (nSPS) is 28.8. The summed E-state index contributed by atoms with van der Waals surface area (Å²) >= 11 is 0. The molecule has 286 valence electrons. The van der Waals surface area contributed by atoms with Crippen LogP contribution in [-0.2, 0) is 29.1 Å². The van der Waals surface area contributed by atoms with E-state index in [9.17, 15) is 27.6 Å². The lowest BCUT2D eigenvalue weighted by Gasteiger charge is -2.30. The highest BCUT2D eigenvalue weighted by Crippen LogP contribution is 2.46. The van der Waals surface area contributed by atoms with Crippen molar-refractivity contribution in [3.63, 3.8) is 0 Å². The number of nitrogens with one attached hydrogen (secondary N) is 3. The fraction of sp³-hybridized carbons (Fsp3) is 0.622. The van der Waals surface area contributed by atoms with Crippen LogP contribution in [-0.4, -0.2) is 95.8 Å². The van der Waals surface area contributed by atoms with Crippen LogP contribution in [0.2, 0.25) is 0 Å². The van der Waals surface area contributed by atoms with Crippen molar-refractivity contribution in [2.75, 3.05) is 13.7 Å². The van der Waals surface area contributed by atoms with Crippen molar-refractivity contribution in [1.29, 1.82) is 0 Å². The molecular weight excluding hydrogens is 705 g/mol. The molecule has 7 rings (SSSR count). The van der Waals surface area contributed by atoms with Crippen molar-refractivity contribution in [2.24, 2.45) is 5.92 Å². The minimum Gasteiger partial charge on any atom is -0.497 e. The number of carbonyl (C=O) groups is 4. The van der Waals surface area contributed by atoms with Gasteiger partial charge in [-0.15, -0.1) is 0 Å². The Morgan fingerprint density at radius 3 is 2.51 bits per heavy atom. The zero-order chi connectivity index (χ0) is 37.3. The van der Waals surface area contributed by atoms with Gasteiger partial charge in [0.05, 0.1) is 29.9 Å². The van der Waals surface area contributed by atoms with Crippen molar-refractivity contribution in [2.45, 2.75) is 125 Å². The molecule has 15 nitrogen and oxygen atoms in total. The molecule has 2 aliphatic heterocycles. The van der Waals surface area contributed by atoms with E-state index in [1.165, 1.54) is 4.90 Å². The molecule has 0 unspecified atom stereocenters. The van der Waals surface area contributed by atoms with Gasteiger partial charge < -0.3 is 29.7 Å². The molecular formula is C37H48N6O9S. The third-order valence-corrected chi connectivity index (χ3v) is 12.8. The van der Waals surface area contributed by atoms with Crippen LogP contribution in [0.25, 0.3) is 11.0 Å². The predicted octanol–water partition coefficient (Wildman–Crippen LogP) is 3.34. The summed E-state index contributed by atoms with van der Waals surface area (Å²) in [6.45, 7) is 1.75. The standard InChI is InChI=1S/C37H48N6O9S/c1-22-33(39-30-18-25(50-2)14-17-28(30)38-22)51-26-19-31-32(44)41-37(35(46)42-53(48,49)27-15-16-27)20-23(37)10-6-4-3-5-7-13-29(34(45)43(31)21-26)40-36(47)52-24-11-8-9-12-24/h6,10,14,17-18,23-24,26-27,29,31H,3-5,7-9,11-13,15-16,19-21H2,1-2H3,(H,40,47)(H,41,44)(H,42,46)/b10-6-/t23-,26-,29+,31+,37-/m1/s1. The Balaban J connectivity index is 1.17. The Hall–Kier alpha value is -4.47. The van der Waals surface area contributed by atoms with Crippen molar-refractivity contribution in [1.82, 2.24) is 30.2 Å². The molecule has 3 aliphatic carbocycles. The number of alkyl carbamates (subject to hydrolysis) is 1. The van der Waals surface area contributed by atoms with Gasteiger partial charge in [0.25, 0.3) is 5.91 Å². The number of hydrogen-bond donors (Lipinski definition) is 3. The Morgan fingerprint density at radius 2 is 1.75 bits per heavy atom. The summed E-state index contributed by atoms with van der Waals surface area (Å²) in [5.74, 6) is -1.47. The molecule has 4 amide bonds. The maximum atomic E-state index is 14.5. The molecule has 4 fully saturated rings. The monoisotopic (exact) mass is 752 g/mol. The van der Waals surface area contributed by atoms with Gasteiger partial charge >= 0.3 is 6.09 Å². The zero-order valence-corrected chi connectivity index (χ0v) is 31.0. The van der Waals surface area contributed by atoms with Gasteiger partial charge in [-0.1, -0.05) is 25.0 Å². The number of rotatable bonds is 8. The average Bonchev–Trinajstić information content (AvgIpc) is 4.00. The molecule has 1 aromatic carbocycles. The molecule has 5 aliphatic rings. The number of hydrogen-bond acceptors (Lipinski definition) is 11. The van der Waals surface area contributed by atoms with Crippen molar-refractivity contribution >= 4 is 44.9 Å². The molecule has 53 heavy (non-hydrogen) atoms. The number of benzene rings is 1. The first-order valence-corrected chi connectivity index (χ1v) is 20.3. The third kappa shape index (κ3) is 8.21. The van der Waals surface area contributed by atoms with E-state index in [4.69, 9.17) is 14.2 Å². The number of sulfonamides is 1. The van der Waals surface area contributed by atoms with Gasteiger partial charge in [0, 0.05) is 18.4 Å². The summed E-state index contributed by atoms with van der Waals surface area (Å²) in [4.78, 5) is 66.3. The number of amides is 4. The molecule has 5 atom stereocenters. The average molecular weight is 753 g/mol. The number of carbonyl (C=O) groups excluding carboxylic acids is 4. The lowest BCUT2D eigenvalue weighted by molar-refractivity contribution is -0.141. The second kappa shape index (κ2) is 15.1. The summed E-state index contributed by atoms with van der Waals surface area (Å²) in [6.07, 6.45) is 10.2. The van der Waals surface area contributed by atoms with E-state index < -0.39 is 68.7 Å². The minimum absolute atomic E-state index is 0.0113. The molecule has 1 saturated heterocycles. The lowest BCUT2D eigenvalue weighted by atomic mass is 10.0. The van der Waals surface area contributed by atoms with Gasteiger partial charge in [-0.3, -0.25) is 19.1 Å². The summed E-state index contributed by atoms with van der Waals surface area (Å²) < 4.78 is 45.2. The number of allylic oxidation sites excluding steroid dienone is 1. The largest absolute Gasteiger partial charge is 0.497 e. The fourth-order valence-electron chi connectivity index (χ4n) is 7.68. The SMILES string of the molecule is COc1ccc2nc(C)c(O[C@@H]3C[C@H]4C(=O)N[C@]5(C(=O)NS(=O)(=O)C6CC6)C[C@H]5/C=C\CCCCC[C@H](NC(=O)OC5CCCC5)C(=O)N4C3)nc2c1. The maximum Gasteiger partial charge on any atom is 0.408 e. The van der Waals surface area contributed by atoms with Gasteiger partial charge in [-0.2, -0.15) is 0 Å². The Morgan fingerprint density at radius 1 is 0.981 bits per heavy atom. The first kappa shape index (κ1) is 36.9. The first-order chi connectivity index (χ1) is 25.5. The second-order valence-electron chi connectivity index (χ2n) is 15.0.